The highest BCUT2D eigenvalue weighted by atomic mass is 16.5. The second kappa shape index (κ2) is 6.01. The van der Waals surface area contributed by atoms with Crippen LogP contribution in [0.5, 0.6) is 5.75 Å². The lowest BCUT2D eigenvalue weighted by molar-refractivity contribution is 0.146. The van der Waals surface area contributed by atoms with Crippen LogP contribution in [0, 0.1) is 0 Å². The van der Waals surface area contributed by atoms with Gasteiger partial charge in [0.1, 0.15) is 12.4 Å². The lowest BCUT2D eigenvalue weighted by Gasteiger charge is -2.07. The van der Waals surface area contributed by atoms with E-state index in [0.717, 1.165) is 16.9 Å². The molecule has 0 N–H and O–H groups in total. The number of hydrogen-bond donors (Lipinski definition) is 0. The Bertz CT molecular complexity index is 457. The molecule has 1 aromatic carbocycles. The highest BCUT2D eigenvalue weighted by Crippen LogP contribution is 2.22. The summed E-state index contributed by atoms with van der Waals surface area (Å²) in [6, 6.07) is 11.9. The van der Waals surface area contributed by atoms with Crippen LogP contribution < -0.4 is 4.74 Å². The second-order valence-electron chi connectivity index (χ2n) is 3.61. The quantitative estimate of drug-likeness (QED) is 0.739. The van der Waals surface area contributed by atoms with Crippen molar-refractivity contribution in [2.24, 2.45) is 0 Å². The molecular formula is C14H15NO2. The van der Waals surface area contributed by atoms with Gasteiger partial charge in [-0.15, -0.1) is 0 Å². The fraction of sp³-hybridized carbons (Fsp3) is 0.214. The van der Waals surface area contributed by atoms with Crippen molar-refractivity contribution in [2.45, 2.75) is 0 Å². The van der Waals surface area contributed by atoms with Gasteiger partial charge in [0.15, 0.2) is 0 Å². The maximum atomic E-state index is 5.56. The third-order valence-corrected chi connectivity index (χ3v) is 2.39. The number of ether oxygens (including phenoxy) is 2. The molecule has 2 rings (SSSR count). The highest BCUT2D eigenvalue weighted by Gasteiger charge is 1.99. The van der Waals surface area contributed by atoms with E-state index in [0.29, 0.717) is 13.2 Å². The van der Waals surface area contributed by atoms with Crippen molar-refractivity contribution < 1.29 is 9.47 Å². The molecule has 0 bridgehead atoms. The minimum Gasteiger partial charge on any atom is -0.491 e. The van der Waals surface area contributed by atoms with Crippen LogP contribution in [0.2, 0.25) is 0 Å². The van der Waals surface area contributed by atoms with E-state index >= 15 is 0 Å². The zero-order chi connectivity index (χ0) is 11.9. The van der Waals surface area contributed by atoms with Crippen molar-refractivity contribution in [1.29, 1.82) is 0 Å². The van der Waals surface area contributed by atoms with Crippen LogP contribution in [-0.4, -0.2) is 25.3 Å². The lowest BCUT2D eigenvalue weighted by Crippen LogP contribution is -2.04. The van der Waals surface area contributed by atoms with Crippen molar-refractivity contribution in [1.82, 2.24) is 4.98 Å². The van der Waals surface area contributed by atoms with Gasteiger partial charge in [0, 0.05) is 25.1 Å². The average molecular weight is 229 g/mol. The average Bonchev–Trinajstić information content (AvgIpc) is 2.41. The van der Waals surface area contributed by atoms with E-state index in [-0.39, 0.29) is 0 Å². The fourth-order valence-electron chi connectivity index (χ4n) is 1.54. The van der Waals surface area contributed by atoms with Crippen molar-refractivity contribution in [3.8, 4) is 16.9 Å². The molecule has 0 radical (unpaired) electrons. The van der Waals surface area contributed by atoms with Gasteiger partial charge in [0.05, 0.1) is 6.61 Å². The molecule has 2 aromatic rings. The first kappa shape index (κ1) is 11.6. The minimum atomic E-state index is 0.562. The molecule has 0 spiro atoms. The van der Waals surface area contributed by atoms with Crippen molar-refractivity contribution in [2.75, 3.05) is 20.3 Å². The highest BCUT2D eigenvalue weighted by molar-refractivity contribution is 5.63. The van der Waals surface area contributed by atoms with Crippen molar-refractivity contribution >= 4 is 0 Å². The first-order valence-corrected chi connectivity index (χ1v) is 5.52. The third-order valence-electron chi connectivity index (χ3n) is 2.39. The predicted octanol–water partition coefficient (Wildman–Crippen LogP) is 2.77. The van der Waals surface area contributed by atoms with Gasteiger partial charge in [-0.1, -0.05) is 18.2 Å². The van der Waals surface area contributed by atoms with E-state index in [2.05, 4.69) is 4.98 Å². The number of methoxy groups -OCH3 is 1. The Morgan fingerprint density at radius 3 is 2.71 bits per heavy atom. The van der Waals surface area contributed by atoms with Crippen LogP contribution in [-0.2, 0) is 4.74 Å². The molecule has 0 saturated carbocycles. The third kappa shape index (κ3) is 3.29. The molecular weight excluding hydrogens is 214 g/mol. The van der Waals surface area contributed by atoms with Gasteiger partial charge in [0.2, 0.25) is 0 Å². The molecule has 0 saturated heterocycles. The Morgan fingerprint density at radius 2 is 1.94 bits per heavy atom. The largest absolute Gasteiger partial charge is 0.491 e. The van der Waals surface area contributed by atoms with Crippen LogP contribution in [0.1, 0.15) is 0 Å². The molecule has 0 fully saturated rings. The molecule has 0 aliphatic heterocycles. The molecule has 0 unspecified atom stereocenters. The maximum Gasteiger partial charge on any atom is 0.120 e. The Morgan fingerprint density at radius 1 is 1.06 bits per heavy atom. The second-order valence-corrected chi connectivity index (χ2v) is 3.61. The minimum absolute atomic E-state index is 0.562. The number of aromatic nitrogens is 1. The Balaban J connectivity index is 2.12. The summed E-state index contributed by atoms with van der Waals surface area (Å²) >= 11 is 0. The van der Waals surface area contributed by atoms with Gasteiger partial charge in [-0.05, 0) is 23.8 Å². The van der Waals surface area contributed by atoms with E-state index < -0.39 is 0 Å². The molecule has 0 aliphatic rings. The first-order chi connectivity index (χ1) is 8.40. The van der Waals surface area contributed by atoms with Crippen LogP contribution in [0.4, 0.5) is 0 Å². The standard InChI is InChI=1S/C14H15NO2/c1-16-8-9-17-14-6-2-4-12(10-14)13-5-3-7-15-11-13/h2-7,10-11H,8-9H2,1H3. The first-order valence-electron chi connectivity index (χ1n) is 5.52. The monoisotopic (exact) mass is 229 g/mol. The van der Waals surface area contributed by atoms with E-state index in [1.54, 1.807) is 13.3 Å². The van der Waals surface area contributed by atoms with Crippen LogP contribution in [0.25, 0.3) is 11.1 Å². The zero-order valence-corrected chi connectivity index (χ0v) is 9.80. The van der Waals surface area contributed by atoms with E-state index in [1.165, 1.54) is 0 Å². The number of rotatable bonds is 5. The van der Waals surface area contributed by atoms with E-state index in [4.69, 9.17) is 9.47 Å². The molecule has 0 aliphatic carbocycles. The van der Waals surface area contributed by atoms with E-state index in [9.17, 15) is 0 Å². The van der Waals surface area contributed by atoms with Crippen LogP contribution >= 0.6 is 0 Å². The summed E-state index contributed by atoms with van der Waals surface area (Å²) in [6.07, 6.45) is 3.61. The summed E-state index contributed by atoms with van der Waals surface area (Å²) in [5.41, 5.74) is 2.19. The molecule has 17 heavy (non-hydrogen) atoms. The molecule has 0 amide bonds. The Hall–Kier alpha value is -1.87. The summed E-state index contributed by atoms with van der Waals surface area (Å²) in [7, 11) is 1.66. The van der Waals surface area contributed by atoms with E-state index in [1.807, 2.05) is 42.6 Å². The topological polar surface area (TPSA) is 31.4 Å². The number of pyridine rings is 1. The Labute approximate surface area is 101 Å². The van der Waals surface area contributed by atoms with Crippen LogP contribution in [0.3, 0.4) is 0 Å². The molecule has 3 nitrogen and oxygen atoms in total. The maximum absolute atomic E-state index is 5.56. The number of benzene rings is 1. The molecule has 0 atom stereocenters. The van der Waals surface area contributed by atoms with Crippen molar-refractivity contribution in [3.05, 3.63) is 48.8 Å². The SMILES string of the molecule is COCCOc1cccc(-c2cccnc2)c1. The summed E-state index contributed by atoms with van der Waals surface area (Å²) < 4.78 is 10.5. The molecule has 88 valence electrons. The molecule has 1 aromatic heterocycles. The Kier molecular flexibility index (Phi) is 4.11. The van der Waals surface area contributed by atoms with Gasteiger partial charge < -0.3 is 9.47 Å². The smallest absolute Gasteiger partial charge is 0.120 e. The fourth-order valence-corrected chi connectivity index (χ4v) is 1.54. The van der Waals surface area contributed by atoms with Gasteiger partial charge >= 0.3 is 0 Å². The number of hydrogen-bond acceptors (Lipinski definition) is 3. The van der Waals surface area contributed by atoms with Gasteiger partial charge in [0.25, 0.3) is 0 Å². The van der Waals surface area contributed by atoms with Gasteiger partial charge in [-0.3, -0.25) is 4.98 Å². The summed E-state index contributed by atoms with van der Waals surface area (Å²) in [4.78, 5) is 4.11. The van der Waals surface area contributed by atoms with Gasteiger partial charge in [-0.25, -0.2) is 0 Å². The predicted molar refractivity (Wildman–Crippen MR) is 67.0 cm³/mol. The lowest BCUT2D eigenvalue weighted by atomic mass is 10.1. The number of nitrogens with zero attached hydrogens (tertiary/aromatic N) is 1. The molecule has 3 heteroatoms. The van der Waals surface area contributed by atoms with Crippen molar-refractivity contribution in [3.63, 3.8) is 0 Å². The van der Waals surface area contributed by atoms with Crippen LogP contribution in [0.15, 0.2) is 48.8 Å². The summed E-state index contributed by atoms with van der Waals surface area (Å²) in [5.74, 6) is 0.850. The molecule has 1 heterocycles. The normalized spacial score (nSPS) is 10.2. The van der Waals surface area contributed by atoms with Gasteiger partial charge in [-0.2, -0.15) is 0 Å². The zero-order valence-electron chi connectivity index (χ0n) is 9.80. The summed E-state index contributed by atoms with van der Waals surface area (Å²) in [6.45, 7) is 1.16. The summed E-state index contributed by atoms with van der Waals surface area (Å²) in [5, 5.41) is 0.